The summed E-state index contributed by atoms with van der Waals surface area (Å²) in [6, 6.07) is 0. The molecule has 0 radical (unpaired) electrons. The monoisotopic (exact) mass is 494 g/mol. The highest BCUT2D eigenvalue weighted by Gasteiger charge is 2.22. The van der Waals surface area contributed by atoms with Crippen LogP contribution in [-0.2, 0) is 28.2 Å². The van der Waals surface area contributed by atoms with Crippen LogP contribution >= 0.6 is 7.82 Å². The first-order valence-electron chi connectivity index (χ1n) is 12.8. The Balaban J connectivity index is 3.76. The van der Waals surface area contributed by atoms with Gasteiger partial charge in [0.15, 0.2) is 6.10 Å². The summed E-state index contributed by atoms with van der Waals surface area (Å²) in [6.45, 7) is 3.23. The van der Waals surface area contributed by atoms with Gasteiger partial charge in [-0.15, -0.1) is 0 Å². The van der Waals surface area contributed by atoms with Crippen LogP contribution in [0.5, 0.6) is 0 Å². The van der Waals surface area contributed by atoms with Crippen LogP contribution in [0, 0.1) is 0 Å². The van der Waals surface area contributed by atoms with Gasteiger partial charge < -0.3 is 19.3 Å². The lowest BCUT2D eigenvalue weighted by atomic mass is 10.0. The third kappa shape index (κ3) is 24.0. The molecule has 0 aliphatic heterocycles. The second-order valence-electron chi connectivity index (χ2n) is 8.68. The molecule has 0 saturated heterocycles. The minimum Gasteiger partial charge on any atom is -0.462 e. The second kappa shape index (κ2) is 21.6. The van der Waals surface area contributed by atoms with Crippen molar-refractivity contribution in [2.45, 2.75) is 129 Å². The number of phosphoric acid groups is 1. The van der Waals surface area contributed by atoms with Gasteiger partial charge in [-0.05, 0) is 12.8 Å². The molecule has 0 saturated carbocycles. The van der Waals surface area contributed by atoms with E-state index in [1.54, 1.807) is 6.92 Å². The van der Waals surface area contributed by atoms with E-state index in [2.05, 4.69) is 11.4 Å². The molecule has 0 bridgehead atoms. The third-order valence-corrected chi connectivity index (χ3v) is 5.83. The third-order valence-electron chi connectivity index (χ3n) is 5.35. The fourth-order valence-corrected chi connectivity index (χ4v) is 3.83. The first-order chi connectivity index (χ1) is 15.8. The van der Waals surface area contributed by atoms with Gasteiger partial charge in [0, 0.05) is 12.8 Å². The number of rotatable bonds is 23. The van der Waals surface area contributed by atoms with Crippen LogP contribution < -0.4 is 0 Å². The molecule has 0 aromatic heterocycles. The van der Waals surface area contributed by atoms with Crippen molar-refractivity contribution in [3.05, 3.63) is 0 Å². The molecule has 0 aromatic carbocycles. The minimum atomic E-state index is -4.70. The lowest BCUT2D eigenvalue weighted by Gasteiger charge is -2.18. The molecule has 0 heterocycles. The van der Waals surface area contributed by atoms with E-state index in [9.17, 15) is 14.2 Å². The Kier molecular flexibility index (Phi) is 21.0. The van der Waals surface area contributed by atoms with Crippen molar-refractivity contribution in [1.29, 1.82) is 0 Å². The lowest BCUT2D eigenvalue weighted by Crippen LogP contribution is -2.29. The van der Waals surface area contributed by atoms with Gasteiger partial charge in [-0.2, -0.15) is 0 Å². The topological polar surface area (TPSA) is 119 Å². The van der Waals surface area contributed by atoms with Crippen molar-refractivity contribution < 1.29 is 37.9 Å². The van der Waals surface area contributed by atoms with E-state index in [1.165, 1.54) is 70.6 Å². The highest BCUT2D eigenvalue weighted by Crippen LogP contribution is 2.35. The Morgan fingerprint density at radius 2 is 1.15 bits per heavy atom. The number of hydrogen-bond acceptors (Lipinski definition) is 6. The summed E-state index contributed by atoms with van der Waals surface area (Å²) in [7, 11) is -4.70. The van der Waals surface area contributed by atoms with Crippen LogP contribution in [0.25, 0.3) is 0 Å². The molecule has 2 N–H and O–H groups in total. The molecule has 1 atom stereocenters. The van der Waals surface area contributed by atoms with Crippen LogP contribution in [0.2, 0.25) is 0 Å². The van der Waals surface area contributed by atoms with Gasteiger partial charge in [0.05, 0.1) is 6.61 Å². The number of ether oxygens (including phenoxy) is 2. The molecule has 0 aliphatic rings. The molecule has 9 heteroatoms. The summed E-state index contributed by atoms with van der Waals surface area (Å²) in [5, 5.41) is 0. The highest BCUT2D eigenvalue weighted by atomic mass is 31.2. The summed E-state index contributed by atoms with van der Waals surface area (Å²) < 4.78 is 25.4. The summed E-state index contributed by atoms with van der Waals surface area (Å²) >= 11 is 0. The molecule has 0 aliphatic carbocycles. The maximum Gasteiger partial charge on any atom is 0.469 e. The van der Waals surface area contributed by atoms with Crippen molar-refractivity contribution >= 4 is 19.8 Å². The van der Waals surface area contributed by atoms with Gasteiger partial charge in [-0.25, -0.2) is 4.57 Å². The van der Waals surface area contributed by atoms with Gasteiger partial charge in [0.2, 0.25) is 0 Å². The van der Waals surface area contributed by atoms with Crippen molar-refractivity contribution in [2.24, 2.45) is 0 Å². The van der Waals surface area contributed by atoms with E-state index < -0.39 is 32.5 Å². The first-order valence-corrected chi connectivity index (χ1v) is 14.4. The largest absolute Gasteiger partial charge is 0.469 e. The van der Waals surface area contributed by atoms with E-state index in [1.807, 2.05) is 0 Å². The van der Waals surface area contributed by atoms with E-state index >= 15 is 0 Å². The maximum absolute atomic E-state index is 11.9. The van der Waals surface area contributed by atoms with Crippen molar-refractivity contribution in [3.8, 4) is 0 Å². The van der Waals surface area contributed by atoms with E-state index in [-0.39, 0.29) is 19.4 Å². The fraction of sp³-hybridized carbons (Fsp3) is 0.917. The van der Waals surface area contributed by atoms with Crippen molar-refractivity contribution in [3.63, 3.8) is 0 Å². The van der Waals surface area contributed by atoms with Crippen LogP contribution in [-0.4, -0.2) is 41.0 Å². The molecule has 0 rings (SSSR count). The predicted octanol–water partition coefficient (Wildman–Crippen LogP) is 6.22. The first kappa shape index (κ1) is 32.0. The number of unbranched alkanes of at least 4 members (excludes halogenated alkanes) is 13. The lowest BCUT2D eigenvalue weighted by molar-refractivity contribution is -0.161. The number of hydrogen-bond donors (Lipinski definition) is 2. The Bertz CT molecular complexity index is 535. The summed E-state index contributed by atoms with van der Waals surface area (Å²) in [4.78, 5) is 41.2. The van der Waals surface area contributed by atoms with Crippen molar-refractivity contribution in [1.82, 2.24) is 0 Å². The predicted molar refractivity (Wildman–Crippen MR) is 129 cm³/mol. The quantitative estimate of drug-likeness (QED) is 0.0975. The average Bonchev–Trinajstić information content (AvgIpc) is 2.75. The van der Waals surface area contributed by atoms with Crippen LogP contribution in [0.1, 0.15) is 123 Å². The molecule has 0 aromatic rings. The number of esters is 2. The zero-order valence-electron chi connectivity index (χ0n) is 20.8. The summed E-state index contributed by atoms with van der Waals surface area (Å²) in [5.74, 6) is -0.943. The van der Waals surface area contributed by atoms with Gasteiger partial charge in [0.25, 0.3) is 0 Å². The van der Waals surface area contributed by atoms with Gasteiger partial charge in [0.1, 0.15) is 6.61 Å². The van der Waals surface area contributed by atoms with E-state index in [0.29, 0.717) is 6.42 Å². The zero-order valence-corrected chi connectivity index (χ0v) is 21.7. The molecule has 196 valence electrons. The number of carbonyl (C=O) groups excluding carboxylic acids is 2. The van der Waals surface area contributed by atoms with E-state index in [4.69, 9.17) is 19.3 Å². The standard InChI is InChI=1S/C24H47O8P/c1-3-5-6-7-8-9-10-11-12-13-14-15-16-17-19-23(25)30-20-22(21-31-33(27,28)29)32-24(26)18-4-2/h22H,3-21H2,1-2H3,(H2,27,28,29)/t22-/m1/s1. The van der Waals surface area contributed by atoms with Crippen molar-refractivity contribution in [2.75, 3.05) is 13.2 Å². The Hall–Kier alpha value is -0.950. The molecular formula is C24H47O8P. The molecule has 0 spiro atoms. The smallest absolute Gasteiger partial charge is 0.462 e. The summed E-state index contributed by atoms with van der Waals surface area (Å²) in [6.07, 6.45) is 17.3. The Morgan fingerprint density at radius 3 is 1.61 bits per heavy atom. The van der Waals surface area contributed by atoms with Gasteiger partial charge in [-0.3, -0.25) is 14.1 Å². The van der Waals surface area contributed by atoms with Crippen LogP contribution in [0.4, 0.5) is 0 Å². The fourth-order valence-electron chi connectivity index (χ4n) is 3.47. The maximum atomic E-state index is 11.9. The zero-order chi connectivity index (χ0) is 24.8. The molecule has 8 nitrogen and oxygen atoms in total. The van der Waals surface area contributed by atoms with Gasteiger partial charge in [-0.1, -0.05) is 97.3 Å². The number of carbonyl (C=O) groups is 2. The van der Waals surface area contributed by atoms with Gasteiger partial charge >= 0.3 is 19.8 Å². The molecule has 0 fully saturated rings. The SMILES string of the molecule is CCCCCCCCCCCCCCCCC(=O)OC[C@H](COP(=O)(O)O)OC(=O)CCC. The second-order valence-corrected chi connectivity index (χ2v) is 9.92. The highest BCUT2D eigenvalue weighted by molar-refractivity contribution is 7.46. The molecular weight excluding hydrogens is 447 g/mol. The normalized spacial score (nSPS) is 12.5. The Labute approximate surface area is 200 Å². The molecule has 0 unspecified atom stereocenters. The van der Waals surface area contributed by atoms with Crippen LogP contribution in [0.3, 0.4) is 0 Å². The molecule has 0 amide bonds. The number of phosphoric ester groups is 1. The van der Waals surface area contributed by atoms with E-state index in [0.717, 1.165) is 19.3 Å². The molecule has 33 heavy (non-hydrogen) atoms. The Morgan fingerprint density at radius 1 is 0.667 bits per heavy atom. The van der Waals surface area contributed by atoms with Crippen LogP contribution in [0.15, 0.2) is 0 Å². The minimum absolute atomic E-state index is 0.166. The average molecular weight is 495 g/mol. The summed E-state index contributed by atoms with van der Waals surface area (Å²) in [5.41, 5.74) is 0.